The van der Waals surface area contributed by atoms with E-state index in [1.807, 2.05) is 0 Å². The van der Waals surface area contributed by atoms with Crippen molar-refractivity contribution in [1.82, 2.24) is 0 Å². The van der Waals surface area contributed by atoms with E-state index in [2.05, 4.69) is 5.32 Å². The van der Waals surface area contributed by atoms with Crippen molar-refractivity contribution < 1.29 is 35.5 Å². The summed E-state index contributed by atoms with van der Waals surface area (Å²) in [6, 6.07) is 10.3. The molecule has 0 atom stereocenters. The van der Waals surface area contributed by atoms with E-state index in [1.165, 1.54) is 36.4 Å². The quantitative estimate of drug-likeness (QED) is 0.196. The van der Waals surface area contributed by atoms with Crippen molar-refractivity contribution in [3.63, 3.8) is 0 Å². The van der Waals surface area contributed by atoms with E-state index < -0.39 is 52.8 Å². The maximum absolute atomic E-state index is 13.3. The van der Waals surface area contributed by atoms with Crippen LogP contribution in [0, 0.1) is 0 Å². The third kappa shape index (κ3) is 3.85. The van der Waals surface area contributed by atoms with Crippen molar-refractivity contribution in [3.8, 4) is 0 Å². The smallest absolute Gasteiger partial charge is 0.296 e. The Bertz CT molecular complexity index is 1610. The molecule has 4 rings (SSSR count). The maximum atomic E-state index is 13.3. The van der Waals surface area contributed by atoms with Gasteiger partial charge in [0, 0.05) is 17.7 Å². The van der Waals surface area contributed by atoms with Crippen molar-refractivity contribution in [2.45, 2.75) is 16.3 Å². The summed E-state index contributed by atoms with van der Waals surface area (Å²) in [4.78, 5) is 25.1. The van der Waals surface area contributed by atoms with Gasteiger partial charge in [-0.3, -0.25) is 18.7 Å². The fraction of sp³-hybridized carbons (Fsp3) is 0.0476. The van der Waals surface area contributed by atoms with Crippen LogP contribution < -0.4 is 16.8 Å². The van der Waals surface area contributed by atoms with Crippen LogP contribution in [0.5, 0.6) is 0 Å². The molecule has 0 aliphatic heterocycles. The first-order valence-corrected chi connectivity index (χ1v) is 12.4. The van der Waals surface area contributed by atoms with Gasteiger partial charge in [0.05, 0.1) is 28.2 Å². The highest BCUT2D eigenvalue weighted by Gasteiger charge is 2.36. The monoisotopic (exact) mass is 503 g/mol. The van der Waals surface area contributed by atoms with Crippen LogP contribution in [0.3, 0.4) is 0 Å². The molecule has 13 heteroatoms. The van der Waals surface area contributed by atoms with Gasteiger partial charge < -0.3 is 16.8 Å². The second-order valence-electron chi connectivity index (χ2n) is 7.40. The molecule has 34 heavy (non-hydrogen) atoms. The van der Waals surface area contributed by atoms with Gasteiger partial charge in [0.2, 0.25) is 0 Å². The Hall–Kier alpha value is -3.62. The number of carbonyl (C=O) groups is 2. The Morgan fingerprint density at radius 2 is 1.32 bits per heavy atom. The third-order valence-electron chi connectivity index (χ3n) is 5.30. The topological polar surface area (TPSA) is 207 Å². The first-order chi connectivity index (χ1) is 15.8. The number of rotatable bonds is 5. The highest BCUT2D eigenvalue weighted by atomic mass is 32.2. The minimum Gasteiger partial charge on any atom is -0.397 e. The van der Waals surface area contributed by atoms with Crippen LogP contribution in [0.25, 0.3) is 0 Å². The lowest BCUT2D eigenvalue weighted by Gasteiger charge is -2.24. The molecule has 0 amide bonds. The molecule has 1 aliphatic carbocycles. The number of hydrogen-bond acceptors (Lipinski definition) is 9. The summed E-state index contributed by atoms with van der Waals surface area (Å²) in [7, 11) is -9.73. The predicted molar refractivity (Wildman–Crippen MR) is 121 cm³/mol. The van der Waals surface area contributed by atoms with E-state index in [4.69, 9.17) is 11.5 Å². The summed E-state index contributed by atoms with van der Waals surface area (Å²) in [5.41, 5.74) is 9.94. The number of nitrogens with two attached hydrogens (primary N) is 2. The van der Waals surface area contributed by atoms with Gasteiger partial charge in [-0.2, -0.15) is 16.8 Å². The number of hydrogen-bond donors (Lipinski definition) is 5. The minimum atomic E-state index is -4.97. The van der Waals surface area contributed by atoms with Gasteiger partial charge in [0.25, 0.3) is 20.2 Å². The maximum Gasteiger partial charge on any atom is 0.296 e. The molecule has 176 valence electrons. The van der Waals surface area contributed by atoms with Crippen LogP contribution in [0.2, 0.25) is 0 Å². The highest BCUT2D eigenvalue weighted by molar-refractivity contribution is 7.86. The number of anilines is 3. The number of carbonyl (C=O) groups excluding carboxylic acids is 2. The van der Waals surface area contributed by atoms with Gasteiger partial charge in [-0.1, -0.05) is 30.3 Å². The summed E-state index contributed by atoms with van der Waals surface area (Å²) in [5, 5.41) is 2.60. The third-order valence-corrected chi connectivity index (χ3v) is 7.11. The van der Waals surface area contributed by atoms with Crippen molar-refractivity contribution in [2.24, 2.45) is 5.73 Å². The van der Waals surface area contributed by atoms with E-state index in [9.17, 15) is 35.5 Å². The normalized spacial score (nSPS) is 13.4. The molecule has 0 fully saturated rings. The van der Waals surface area contributed by atoms with Crippen molar-refractivity contribution in [1.29, 1.82) is 0 Å². The van der Waals surface area contributed by atoms with E-state index in [1.54, 1.807) is 0 Å². The lowest BCUT2D eigenvalue weighted by Crippen LogP contribution is -2.25. The van der Waals surface area contributed by atoms with Crippen LogP contribution in [0.1, 0.15) is 37.4 Å². The molecular weight excluding hydrogens is 486 g/mol. The Morgan fingerprint density at radius 3 is 1.85 bits per heavy atom. The summed E-state index contributed by atoms with van der Waals surface area (Å²) in [5.74, 6) is -1.45. The second-order valence-corrected chi connectivity index (χ2v) is 10.2. The molecule has 11 nitrogen and oxygen atoms in total. The first kappa shape index (κ1) is 23.5. The minimum absolute atomic E-state index is 0.0126. The summed E-state index contributed by atoms with van der Waals surface area (Å²) < 4.78 is 67.1. The molecule has 7 N–H and O–H groups in total. The summed E-state index contributed by atoms with van der Waals surface area (Å²) >= 11 is 0. The standard InChI is InChI=1S/C21H17N3O8S2/c22-9-10-5-6-15(33(27,28)29)13(7-10)24-14-8-16(34(30,31)32)19(23)18-17(14)20(25)11-3-1-2-4-12(11)21(18)26/h1-8,24H,9,22-23H2,(H,27,28,29)(H,30,31,32). The molecule has 3 aromatic rings. The zero-order valence-corrected chi connectivity index (χ0v) is 18.8. The molecule has 0 radical (unpaired) electrons. The van der Waals surface area contributed by atoms with E-state index in [0.717, 1.165) is 12.1 Å². The Morgan fingerprint density at radius 1 is 0.765 bits per heavy atom. The Labute approximate surface area is 193 Å². The lowest BCUT2D eigenvalue weighted by molar-refractivity contribution is 0.0980. The number of ketones is 2. The van der Waals surface area contributed by atoms with Crippen LogP contribution in [-0.2, 0) is 26.8 Å². The zero-order chi connectivity index (χ0) is 25.0. The molecule has 0 aromatic heterocycles. The number of benzene rings is 3. The van der Waals surface area contributed by atoms with Crippen LogP contribution >= 0.6 is 0 Å². The van der Waals surface area contributed by atoms with Crippen LogP contribution in [0.4, 0.5) is 17.1 Å². The molecule has 0 heterocycles. The molecule has 3 aromatic carbocycles. The average molecular weight is 504 g/mol. The molecule has 0 saturated heterocycles. The zero-order valence-electron chi connectivity index (χ0n) is 17.1. The second kappa shape index (κ2) is 8.00. The predicted octanol–water partition coefficient (Wildman–Crippen LogP) is 1.74. The van der Waals surface area contributed by atoms with Crippen molar-refractivity contribution in [3.05, 3.63) is 76.3 Å². The van der Waals surface area contributed by atoms with Crippen LogP contribution in [-0.4, -0.2) is 37.5 Å². The average Bonchev–Trinajstić information content (AvgIpc) is 2.76. The number of nitrogens with one attached hydrogen (secondary N) is 1. The van der Waals surface area contributed by atoms with Gasteiger partial charge in [0.1, 0.15) is 9.79 Å². The van der Waals surface area contributed by atoms with E-state index in [0.29, 0.717) is 5.56 Å². The number of nitrogen functional groups attached to an aromatic ring is 1. The summed E-state index contributed by atoms with van der Waals surface area (Å²) in [6.45, 7) is -0.0126. The van der Waals surface area contributed by atoms with E-state index >= 15 is 0 Å². The molecular formula is C21H17N3O8S2. The van der Waals surface area contributed by atoms with Gasteiger partial charge in [-0.25, -0.2) is 0 Å². The van der Waals surface area contributed by atoms with Gasteiger partial charge in [-0.05, 0) is 23.8 Å². The van der Waals surface area contributed by atoms with E-state index in [-0.39, 0.29) is 34.6 Å². The molecule has 0 bridgehead atoms. The Kier molecular flexibility index (Phi) is 5.54. The van der Waals surface area contributed by atoms with Gasteiger partial charge in [-0.15, -0.1) is 0 Å². The van der Waals surface area contributed by atoms with Crippen molar-refractivity contribution >= 4 is 48.9 Å². The molecule has 0 spiro atoms. The van der Waals surface area contributed by atoms with Crippen LogP contribution in [0.15, 0.2) is 58.3 Å². The first-order valence-electron chi connectivity index (χ1n) is 9.54. The molecule has 0 unspecified atom stereocenters. The highest BCUT2D eigenvalue weighted by Crippen LogP contribution is 2.40. The summed E-state index contributed by atoms with van der Waals surface area (Å²) in [6.07, 6.45) is 0. The molecule has 1 aliphatic rings. The number of fused-ring (bicyclic) bond motifs is 2. The van der Waals surface area contributed by atoms with Gasteiger partial charge in [0.15, 0.2) is 11.6 Å². The van der Waals surface area contributed by atoms with Crippen molar-refractivity contribution in [2.75, 3.05) is 11.1 Å². The SMILES string of the molecule is NCc1ccc(S(=O)(=O)O)c(Nc2cc(S(=O)(=O)O)c(N)c3c2C(=O)c2ccccc2C3=O)c1. The fourth-order valence-electron chi connectivity index (χ4n) is 3.78. The Balaban J connectivity index is 2.06. The lowest BCUT2D eigenvalue weighted by atomic mass is 9.82. The fourth-order valence-corrected chi connectivity index (χ4v) is 5.05. The largest absolute Gasteiger partial charge is 0.397 e. The van der Waals surface area contributed by atoms with Gasteiger partial charge >= 0.3 is 0 Å². The molecule has 0 saturated carbocycles.